The highest BCUT2D eigenvalue weighted by Crippen LogP contribution is 2.27. The fourth-order valence-electron chi connectivity index (χ4n) is 2.95. The number of ether oxygens (including phenoxy) is 1. The minimum absolute atomic E-state index is 0.125. The van der Waals surface area contributed by atoms with Crippen molar-refractivity contribution in [2.45, 2.75) is 39.3 Å². The van der Waals surface area contributed by atoms with E-state index in [1.807, 2.05) is 44.2 Å². The molecule has 0 bridgehead atoms. The summed E-state index contributed by atoms with van der Waals surface area (Å²) in [5.74, 6) is 0.362. The normalized spacial score (nSPS) is 12.8. The van der Waals surface area contributed by atoms with Crippen LogP contribution in [-0.2, 0) is 9.59 Å². The van der Waals surface area contributed by atoms with E-state index < -0.39 is 6.04 Å². The van der Waals surface area contributed by atoms with Crippen molar-refractivity contribution in [2.75, 3.05) is 7.11 Å². The molecule has 0 aliphatic heterocycles. The molecule has 2 N–H and O–H groups in total. The molecule has 2 unspecified atom stereocenters. The first kappa shape index (κ1) is 20.8. The number of hydrogen-bond acceptors (Lipinski definition) is 3. The second-order valence-corrected chi connectivity index (χ2v) is 6.98. The highest BCUT2D eigenvalue weighted by molar-refractivity contribution is 6.30. The van der Waals surface area contributed by atoms with Crippen LogP contribution in [0, 0.1) is 6.92 Å². The van der Waals surface area contributed by atoms with E-state index >= 15 is 0 Å². The van der Waals surface area contributed by atoms with Crippen molar-refractivity contribution in [1.82, 2.24) is 10.6 Å². The first-order valence-corrected chi connectivity index (χ1v) is 9.14. The van der Waals surface area contributed by atoms with Crippen LogP contribution in [0.15, 0.2) is 42.5 Å². The topological polar surface area (TPSA) is 67.4 Å². The Morgan fingerprint density at radius 1 is 1.11 bits per heavy atom. The molecule has 2 aromatic rings. The molecule has 2 amide bonds. The molecule has 2 aromatic carbocycles. The summed E-state index contributed by atoms with van der Waals surface area (Å²) in [6.07, 6.45) is 0.125. The van der Waals surface area contributed by atoms with Crippen LogP contribution in [0.25, 0.3) is 0 Å². The van der Waals surface area contributed by atoms with E-state index in [2.05, 4.69) is 10.6 Å². The number of aryl methyl sites for hydroxylation is 1. The fourth-order valence-corrected chi connectivity index (χ4v) is 3.07. The maximum Gasteiger partial charge on any atom is 0.222 e. The Kier molecular flexibility index (Phi) is 7.25. The number of halogens is 1. The average molecular weight is 389 g/mol. The van der Waals surface area contributed by atoms with E-state index in [4.69, 9.17) is 16.3 Å². The zero-order valence-electron chi connectivity index (χ0n) is 16.0. The number of amides is 2. The molecule has 2 rings (SSSR count). The summed E-state index contributed by atoms with van der Waals surface area (Å²) >= 11 is 5.93. The van der Waals surface area contributed by atoms with Crippen molar-refractivity contribution in [3.63, 3.8) is 0 Å². The standard InChI is InChI=1S/C21H25ClN2O3/c1-13-5-10-20(27-4)18(11-13)14(2)23-21(26)12-19(24-15(3)25)16-6-8-17(22)9-7-16/h5-11,14,19H,12H2,1-4H3,(H,23,26)(H,24,25). The molecule has 6 heteroatoms. The van der Waals surface area contributed by atoms with Crippen molar-refractivity contribution in [3.8, 4) is 5.75 Å². The Morgan fingerprint density at radius 3 is 2.37 bits per heavy atom. The van der Waals surface area contributed by atoms with Crippen LogP contribution in [0.2, 0.25) is 5.02 Å². The largest absolute Gasteiger partial charge is 0.496 e. The molecular formula is C21H25ClN2O3. The Hall–Kier alpha value is -2.53. The van der Waals surface area contributed by atoms with Gasteiger partial charge in [0.1, 0.15) is 5.75 Å². The van der Waals surface area contributed by atoms with Gasteiger partial charge in [0.05, 0.1) is 25.6 Å². The first-order valence-electron chi connectivity index (χ1n) is 8.76. The molecule has 0 saturated carbocycles. The van der Waals surface area contributed by atoms with Crippen molar-refractivity contribution < 1.29 is 14.3 Å². The summed E-state index contributed by atoms with van der Waals surface area (Å²) in [4.78, 5) is 24.2. The summed E-state index contributed by atoms with van der Waals surface area (Å²) in [5.41, 5.74) is 2.82. The molecule has 144 valence electrons. The van der Waals surface area contributed by atoms with E-state index in [0.717, 1.165) is 22.4 Å². The number of methoxy groups -OCH3 is 1. The van der Waals surface area contributed by atoms with Gasteiger partial charge in [-0.1, -0.05) is 41.4 Å². The molecule has 0 fully saturated rings. The van der Waals surface area contributed by atoms with Crippen LogP contribution in [0.4, 0.5) is 0 Å². The second-order valence-electron chi connectivity index (χ2n) is 6.54. The molecule has 0 spiro atoms. The zero-order chi connectivity index (χ0) is 20.0. The van der Waals surface area contributed by atoms with Gasteiger partial charge in [-0.2, -0.15) is 0 Å². The maximum absolute atomic E-state index is 12.6. The lowest BCUT2D eigenvalue weighted by Gasteiger charge is -2.21. The molecule has 0 aliphatic carbocycles. The van der Waals surface area contributed by atoms with E-state index in [-0.39, 0.29) is 24.3 Å². The monoisotopic (exact) mass is 388 g/mol. The molecule has 27 heavy (non-hydrogen) atoms. The van der Waals surface area contributed by atoms with Crippen LogP contribution >= 0.6 is 11.6 Å². The molecule has 0 radical (unpaired) electrons. The highest BCUT2D eigenvalue weighted by atomic mass is 35.5. The number of benzene rings is 2. The van der Waals surface area contributed by atoms with Gasteiger partial charge in [0, 0.05) is 17.5 Å². The van der Waals surface area contributed by atoms with Gasteiger partial charge in [-0.25, -0.2) is 0 Å². The number of carbonyl (C=O) groups excluding carboxylic acids is 2. The van der Waals surface area contributed by atoms with Gasteiger partial charge in [0.25, 0.3) is 0 Å². The minimum Gasteiger partial charge on any atom is -0.496 e. The van der Waals surface area contributed by atoms with Crippen molar-refractivity contribution in [1.29, 1.82) is 0 Å². The summed E-state index contributed by atoms with van der Waals surface area (Å²) in [5, 5.41) is 6.41. The van der Waals surface area contributed by atoms with Crippen LogP contribution in [0.3, 0.4) is 0 Å². The first-order chi connectivity index (χ1) is 12.8. The van der Waals surface area contributed by atoms with Gasteiger partial charge in [-0.15, -0.1) is 0 Å². The Labute approximate surface area is 165 Å². The van der Waals surface area contributed by atoms with Gasteiger partial charge >= 0.3 is 0 Å². The van der Waals surface area contributed by atoms with Gasteiger partial charge < -0.3 is 15.4 Å². The van der Waals surface area contributed by atoms with Crippen molar-refractivity contribution in [3.05, 3.63) is 64.2 Å². The zero-order valence-corrected chi connectivity index (χ0v) is 16.8. The summed E-state index contributed by atoms with van der Waals surface area (Å²) in [6, 6.07) is 12.3. The lowest BCUT2D eigenvalue weighted by molar-refractivity contribution is -0.123. The quantitative estimate of drug-likeness (QED) is 0.750. The third kappa shape index (κ3) is 6.00. The van der Waals surface area contributed by atoms with E-state index in [0.29, 0.717) is 5.02 Å². The maximum atomic E-state index is 12.6. The van der Waals surface area contributed by atoms with Crippen LogP contribution in [-0.4, -0.2) is 18.9 Å². The van der Waals surface area contributed by atoms with Crippen LogP contribution < -0.4 is 15.4 Å². The Morgan fingerprint density at radius 2 is 1.78 bits per heavy atom. The van der Waals surface area contributed by atoms with Gasteiger partial charge in [-0.3, -0.25) is 9.59 Å². The molecule has 0 heterocycles. The van der Waals surface area contributed by atoms with Crippen LogP contribution in [0.1, 0.15) is 49.0 Å². The van der Waals surface area contributed by atoms with Crippen molar-refractivity contribution >= 4 is 23.4 Å². The smallest absolute Gasteiger partial charge is 0.222 e. The lowest BCUT2D eigenvalue weighted by Crippen LogP contribution is -2.33. The summed E-state index contributed by atoms with van der Waals surface area (Å²) in [7, 11) is 1.61. The molecule has 0 aliphatic rings. The van der Waals surface area contributed by atoms with Gasteiger partial charge in [-0.05, 0) is 37.6 Å². The third-order valence-electron chi connectivity index (χ3n) is 4.27. The number of rotatable bonds is 7. The predicted molar refractivity (Wildman–Crippen MR) is 107 cm³/mol. The summed E-state index contributed by atoms with van der Waals surface area (Å²) < 4.78 is 5.40. The minimum atomic E-state index is -0.425. The Balaban J connectivity index is 2.12. The SMILES string of the molecule is COc1ccc(C)cc1C(C)NC(=O)CC(NC(C)=O)c1ccc(Cl)cc1. The highest BCUT2D eigenvalue weighted by Gasteiger charge is 2.20. The predicted octanol–water partition coefficient (Wildman–Crippen LogP) is 4.10. The average Bonchev–Trinajstić information content (AvgIpc) is 2.61. The van der Waals surface area contributed by atoms with E-state index in [1.54, 1.807) is 19.2 Å². The number of nitrogens with one attached hydrogen (secondary N) is 2. The lowest BCUT2D eigenvalue weighted by atomic mass is 10.0. The van der Waals surface area contributed by atoms with Gasteiger partial charge in [0.15, 0.2) is 0 Å². The second kappa shape index (κ2) is 9.42. The Bertz CT molecular complexity index is 806. The fraction of sp³-hybridized carbons (Fsp3) is 0.333. The third-order valence-corrected chi connectivity index (χ3v) is 4.52. The summed E-state index contributed by atoms with van der Waals surface area (Å²) in [6.45, 7) is 5.33. The number of hydrogen-bond donors (Lipinski definition) is 2. The number of carbonyl (C=O) groups is 2. The van der Waals surface area contributed by atoms with Gasteiger partial charge in [0.2, 0.25) is 11.8 Å². The van der Waals surface area contributed by atoms with Crippen LogP contribution in [0.5, 0.6) is 5.75 Å². The van der Waals surface area contributed by atoms with E-state index in [1.165, 1.54) is 6.92 Å². The molecule has 0 aromatic heterocycles. The molecular weight excluding hydrogens is 364 g/mol. The van der Waals surface area contributed by atoms with E-state index in [9.17, 15) is 9.59 Å². The molecule has 5 nitrogen and oxygen atoms in total. The molecule has 2 atom stereocenters. The van der Waals surface area contributed by atoms with Crippen molar-refractivity contribution in [2.24, 2.45) is 0 Å². The molecule has 0 saturated heterocycles.